The van der Waals surface area contributed by atoms with E-state index >= 15 is 0 Å². The van der Waals surface area contributed by atoms with Gasteiger partial charge in [0.05, 0.1) is 6.04 Å². The summed E-state index contributed by atoms with van der Waals surface area (Å²) in [6.45, 7) is 0. The molecule has 0 aliphatic carbocycles. The zero-order valence-electron chi connectivity index (χ0n) is 11.0. The van der Waals surface area contributed by atoms with Gasteiger partial charge in [0.15, 0.2) is 0 Å². The Bertz CT molecular complexity index is 624. The molecule has 2 aromatic carbocycles. The minimum atomic E-state index is -0.874. The van der Waals surface area contributed by atoms with Crippen LogP contribution in [0.1, 0.15) is 5.56 Å². The number of carbonyl (C=O) groups is 1. The zero-order valence-corrected chi connectivity index (χ0v) is 11.0. The molecule has 0 bridgehead atoms. The molecule has 2 rings (SSSR count). The summed E-state index contributed by atoms with van der Waals surface area (Å²) in [4.78, 5) is 11.9. The first-order valence-corrected chi connectivity index (χ1v) is 6.24. The number of nitrogens with two attached hydrogens (primary N) is 1. The van der Waals surface area contributed by atoms with Gasteiger partial charge in [0, 0.05) is 11.8 Å². The molecule has 0 fully saturated rings. The molecule has 4 N–H and O–H groups in total. The highest BCUT2D eigenvalue weighted by atomic mass is 19.1. The summed E-state index contributed by atoms with van der Waals surface area (Å²) in [7, 11) is 0. The monoisotopic (exact) mass is 292 g/mol. The average molecular weight is 292 g/mol. The minimum Gasteiger partial charge on any atom is -0.508 e. The van der Waals surface area contributed by atoms with Crippen molar-refractivity contribution in [3.63, 3.8) is 0 Å². The molecule has 0 spiro atoms. The Hall–Kier alpha value is -2.47. The van der Waals surface area contributed by atoms with Gasteiger partial charge in [0.25, 0.3) is 0 Å². The molecule has 0 saturated carbocycles. The largest absolute Gasteiger partial charge is 0.508 e. The number of benzene rings is 2. The highest BCUT2D eigenvalue weighted by Crippen LogP contribution is 2.14. The molecule has 21 heavy (non-hydrogen) atoms. The number of halogens is 2. The first-order chi connectivity index (χ1) is 9.94. The fraction of sp³-hybridized carbons (Fsp3) is 0.133. The standard InChI is InChI=1S/C15H14F2N2O2/c16-10-6-11(17)8-12(7-10)19-15(21)14(18)5-9-1-3-13(20)4-2-9/h1-4,6-8,14,20H,5,18H2,(H,19,21)/t14-/m1/s1. The second kappa shape index (κ2) is 6.32. The van der Waals surface area contributed by atoms with Gasteiger partial charge in [-0.25, -0.2) is 8.78 Å². The van der Waals surface area contributed by atoms with Crippen molar-refractivity contribution < 1.29 is 18.7 Å². The molecule has 0 unspecified atom stereocenters. The van der Waals surface area contributed by atoms with E-state index in [1.807, 2.05) is 0 Å². The molecular weight excluding hydrogens is 278 g/mol. The number of carbonyl (C=O) groups excluding carboxylic acids is 1. The van der Waals surface area contributed by atoms with Gasteiger partial charge >= 0.3 is 0 Å². The van der Waals surface area contributed by atoms with Gasteiger partial charge in [-0.3, -0.25) is 4.79 Å². The molecule has 0 saturated heterocycles. The van der Waals surface area contributed by atoms with Gasteiger partial charge in [-0.05, 0) is 36.2 Å². The van der Waals surface area contributed by atoms with E-state index in [9.17, 15) is 13.6 Å². The summed E-state index contributed by atoms with van der Waals surface area (Å²) >= 11 is 0. The van der Waals surface area contributed by atoms with Crippen molar-refractivity contribution in [2.75, 3.05) is 5.32 Å². The Morgan fingerprint density at radius 1 is 1.14 bits per heavy atom. The molecule has 0 aliphatic rings. The lowest BCUT2D eigenvalue weighted by Gasteiger charge is -2.12. The van der Waals surface area contributed by atoms with Crippen LogP contribution in [0.25, 0.3) is 0 Å². The van der Waals surface area contributed by atoms with Gasteiger partial charge < -0.3 is 16.2 Å². The lowest BCUT2D eigenvalue weighted by atomic mass is 10.1. The molecule has 2 aromatic rings. The van der Waals surface area contributed by atoms with Crippen LogP contribution in [0.5, 0.6) is 5.75 Å². The molecule has 1 atom stereocenters. The van der Waals surface area contributed by atoms with Crippen LogP contribution in [0.3, 0.4) is 0 Å². The van der Waals surface area contributed by atoms with E-state index in [1.165, 1.54) is 12.1 Å². The van der Waals surface area contributed by atoms with Crippen molar-refractivity contribution in [1.82, 2.24) is 0 Å². The third-order valence-corrected chi connectivity index (χ3v) is 2.86. The average Bonchev–Trinajstić information content (AvgIpc) is 2.40. The van der Waals surface area contributed by atoms with E-state index in [4.69, 9.17) is 10.8 Å². The molecule has 0 aliphatic heterocycles. The number of aromatic hydroxyl groups is 1. The smallest absolute Gasteiger partial charge is 0.241 e. The predicted molar refractivity (Wildman–Crippen MR) is 74.8 cm³/mol. The minimum absolute atomic E-state index is 0.0126. The first-order valence-electron chi connectivity index (χ1n) is 6.24. The van der Waals surface area contributed by atoms with E-state index in [2.05, 4.69) is 5.32 Å². The van der Waals surface area contributed by atoms with Crippen molar-refractivity contribution in [2.24, 2.45) is 5.73 Å². The Labute approximate surface area is 120 Å². The molecule has 6 heteroatoms. The molecule has 110 valence electrons. The molecule has 4 nitrogen and oxygen atoms in total. The van der Waals surface area contributed by atoms with Crippen molar-refractivity contribution in [3.8, 4) is 5.75 Å². The van der Waals surface area contributed by atoms with E-state index in [0.717, 1.165) is 17.7 Å². The molecule has 1 amide bonds. The van der Waals surface area contributed by atoms with Crippen LogP contribution in [0.4, 0.5) is 14.5 Å². The second-order valence-electron chi connectivity index (χ2n) is 4.62. The lowest BCUT2D eigenvalue weighted by molar-refractivity contribution is -0.117. The van der Waals surface area contributed by atoms with Crippen molar-refractivity contribution in [2.45, 2.75) is 12.5 Å². The number of anilines is 1. The Balaban J connectivity index is 2.00. The van der Waals surface area contributed by atoms with Crippen molar-refractivity contribution in [1.29, 1.82) is 0 Å². The van der Waals surface area contributed by atoms with Crippen LogP contribution in [0.2, 0.25) is 0 Å². The number of nitrogens with one attached hydrogen (secondary N) is 1. The third-order valence-electron chi connectivity index (χ3n) is 2.86. The predicted octanol–water partition coefficient (Wildman–Crippen LogP) is 2.18. The molecule has 0 radical (unpaired) electrons. The number of rotatable bonds is 4. The lowest BCUT2D eigenvalue weighted by Crippen LogP contribution is -2.37. The Morgan fingerprint density at radius 3 is 2.29 bits per heavy atom. The first kappa shape index (κ1) is 14.9. The van der Waals surface area contributed by atoms with Gasteiger partial charge in [-0.1, -0.05) is 12.1 Å². The molecule has 0 heterocycles. The normalized spacial score (nSPS) is 12.0. The maximum Gasteiger partial charge on any atom is 0.241 e. The van der Waals surface area contributed by atoms with E-state index < -0.39 is 23.6 Å². The topological polar surface area (TPSA) is 75.3 Å². The Kier molecular flexibility index (Phi) is 4.49. The summed E-state index contributed by atoms with van der Waals surface area (Å²) in [6.07, 6.45) is 0.240. The fourth-order valence-electron chi connectivity index (χ4n) is 1.84. The zero-order chi connectivity index (χ0) is 15.4. The fourth-order valence-corrected chi connectivity index (χ4v) is 1.84. The highest BCUT2D eigenvalue weighted by molar-refractivity contribution is 5.94. The summed E-state index contributed by atoms with van der Waals surface area (Å²) in [5.41, 5.74) is 6.53. The summed E-state index contributed by atoms with van der Waals surface area (Å²) in [5, 5.41) is 11.5. The Morgan fingerprint density at radius 2 is 1.71 bits per heavy atom. The van der Waals surface area contributed by atoms with Crippen LogP contribution in [-0.2, 0) is 11.2 Å². The molecular formula is C15H14F2N2O2. The van der Waals surface area contributed by atoms with Gasteiger partial charge in [-0.2, -0.15) is 0 Å². The summed E-state index contributed by atoms with van der Waals surface area (Å²) < 4.78 is 26.0. The number of hydrogen-bond acceptors (Lipinski definition) is 3. The summed E-state index contributed by atoms with van der Waals surface area (Å²) in [5.74, 6) is -1.99. The highest BCUT2D eigenvalue weighted by Gasteiger charge is 2.15. The SMILES string of the molecule is N[C@H](Cc1ccc(O)cc1)C(=O)Nc1cc(F)cc(F)c1. The summed E-state index contributed by atoms with van der Waals surface area (Å²) in [6, 6.07) is 8.12. The number of phenolic OH excluding ortho intramolecular Hbond substituents is 1. The van der Waals surface area contributed by atoms with Gasteiger partial charge in [0.1, 0.15) is 17.4 Å². The van der Waals surface area contributed by atoms with Gasteiger partial charge in [-0.15, -0.1) is 0 Å². The maximum atomic E-state index is 13.0. The number of amides is 1. The van der Waals surface area contributed by atoms with Crippen LogP contribution in [0.15, 0.2) is 42.5 Å². The van der Waals surface area contributed by atoms with Crippen molar-refractivity contribution >= 4 is 11.6 Å². The quantitative estimate of drug-likeness (QED) is 0.808. The van der Waals surface area contributed by atoms with Crippen LogP contribution in [0, 0.1) is 11.6 Å². The van der Waals surface area contributed by atoms with Crippen LogP contribution < -0.4 is 11.1 Å². The van der Waals surface area contributed by atoms with Crippen molar-refractivity contribution in [3.05, 3.63) is 59.7 Å². The van der Waals surface area contributed by atoms with E-state index in [-0.39, 0.29) is 17.9 Å². The second-order valence-corrected chi connectivity index (χ2v) is 4.62. The van der Waals surface area contributed by atoms with E-state index in [1.54, 1.807) is 12.1 Å². The number of phenols is 1. The van der Waals surface area contributed by atoms with Gasteiger partial charge in [0.2, 0.25) is 5.91 Å². The molecule has 0 aromatic heterocycles. The third kappa shape index (κ3) is 4.25. The van der Waals surface area contributed by atoms with E-state index in [0.29, 0.717) is 6.07 Å². The van der Waals surface area contributed by atoms with Crippen LogP contribution >= 0.6 is 0 Å². The number of hydrogen-bond donors (Lipinski definition) is 3. The van der Waals surface area contributed by atoms with Crippen LogP contribution in [-0.4, -0.2) is 17.1 Å². The maximum absolute atomic E-state index is 13.0.